The zero-order valence-electron chi connectivity index (χ0n) is 6.81. The molecule has 1 heterocycles. The molecule has 1 aliphatic rings. The van der Waals surface area contributed by atoms with E-state index in [4.69, 9.17) is 0 Å². The van der Waals surface area contributed by atoms with E-state index in [9.17, 15) is 18.0 Å². The predicted octanol–water partition coefficient (Wildman–Crippen LogP) is -0.0432. The van der Waals surface area contributed by atoms with Gasteiger partial charge in [-0.15, -0.1) is 0 Å². The van der Waals surface area contributed by atoms with Crippen molar-refractivity contribution in [3.63, 3.8) is 0 Å². The summed E-state index contributed by atoms with van der Waals surface area (Å²) in [5, 5.41) is 4.29. The average molecular weight is 198 g/mol. The molecular weight excluding hydrogens is 189 g/mol. The van der Waals surface area contributed by atoms with Crippen LogP contribution in [-0.2, 0) is 9.53 Å². The summed E-state index contributed by atoms with van der Waals surface area (Å²) in [4.78, 5) is 10.8. The van der Waals surface area contributed by atoms with Crippen molar-refractivity contribution in [2.45, 2.75) is 25.0 Å². The highest BCUT2D eigenvalue weighted by atomic mass is 19.4. The van der Waals surface area contributed by atoms with E-state index in [1.807, 2.05) is 0 Å². The van der Waals surface area contributed by atoms with Crippen LogP contribution in [0.25, 0.3) is 0 Å². The highest BCUT2D eigenvalue weighted by Crippen LogP contribution is 2.24. The Morgan fingerprint density at radius 3 is 2.62 bits per heavy atom. The highest BCUT2D eigenvalue weighted by molar-refractivity contribution is 5.77. The van der Waals surface area contributed by atoms with Gasteiger partial charge in [-0.3, -0.25) is 10.1 Å². The van der Waals surface area contributed by atoms with E-state index in [2.05, 4.69) is 15.4 Å². The number of hydrogen-bond donors (Lipinski definition) is 2. The van der Waals surface area contributed by atoms with Gasteiger partial charge < -0.3 is 10.1 Å². The molecule has 0 spiro atoms. The largest absolute Gasteiger partial charge is 0.404 e. The van der Waals surface area contributed by atoms with Crippen LogP contribution < -0.4 is 10.6 Å². The molecule has 1 aliphatic heterocycles. The fraction of sp³-hybridized carbons (Fsp3) is 0.833. The Kier molecular flexibility index (Phi) is 2.77. The first-order chi connectivity index (χ1) is 5.93. The van der Waals surface area contributed by atoms with Crippen LogP contribution in [0.2, 0.25) is 0 Å². The quantitative estimate of drug-likeness (QED) is 0.621. The molecule has 0 bridgehead atoms. The second kappa shape index (κ2) is 3.51. The number of carbonyl (C=O) groups is 1. The van der Waals surface area contributed by atoms with Crippen molar-refractivity contribution < 1.29 is 22.7 Å². The van der Waals surface area contributed by atoms with Crippen LogP contribution in [0.4, 0.5) is 13.2 Å². The molecule has 1 saturated heterocycles. The third kappa shape index (κ3) is 2.56. The number of halogens is 3. The predicted molar refractivity (Wildman–Crippen MR) is 36.5 cm³/mol. The fourth-order valence-corrected chi connectivity index (χ4v) is 1.01. The molecule has 0 saturated carbocycles. The van der Waals surface area contributed by atoms with Gasteiger partial charge in [0.25, 0.3) is 0 Å². The Hall–Kier alpha value is -0.820. The van der Waals surface area contributed by atoms with Crippen molar-refractivity contribution in [3.05, 3.63) is 0 Å². The highest BCUT2D eigenvalue weighted by Gasteiger charge is 2.44. The molecule has 2 atom stereocenters. The first-order valence-corrected chi connectivity index (χ1v) is 3.58. The van der Waals surface area contributed by atoms with Crippen LogP contribution in [0.15, 0.2) is 0 Å². The summed E-state index contributed by atoms with van der Waals surface area (Å²) in [7, 11) is 1.21. The van der Waals surface area contributed by atoms with Crippen molar-refractivity contribution >= 4 is 5.91 Å². The van der Waals surface area contributed by atoms with E-state index < -0.39 is 30.9 Å². The smallest absolute Gasteiger partial charge is 0.348 e. The van der Waals surface area contributed by atoms with Gasteiger partial charge in [-0.1, -0.05) is 0 Å². The van der Waals surface area contributed by atoms with Crippen molar-refractivity contribution in [1.82, 2.24) is 10.6 Å². The zero-order chi connectivity index (χ0) is 10.1. The molecule has 0 aromatic carbocycles. The van der Waals surface area contributed by atoms with Gasteiger partial charge in [0.05, 0.1) is 6.42 Å². The molecule has 76 valence electrons. The standard InChI is InChI=1S/C6H9F3N2O2/c1-13-5-10-3(6(7,8)9)2-4(12)11-5/h3,5,10H,2H2,1H3,(H,11,12). The number of carbonyl (C=O) groups excluding carboxylic acids is 1. The molecular formula is C6H9F3N2O2. The molecule has 7 heteroatoms. The molecule has 1 rings (SSSR count). The minimum atomic E-state index is -4.42. The van der Waals surface area contributed by atoms with E-state index in [-0.39, 0.29) is 0 Å². The molecule has 4 nitrogen and oxygen atoms in total. The summed E-state index contributed by atoms with van der Waals surface area (Å²) < 4.78 is 40.9. The number of ether oxygens (including phenoxy) is 1. The fourth-order valence-electron chi connectivity index (χ4n) is 1.01. The molecule has 0 radical (unpaired) electrons. The van der Waals surface area contributed by atoms with Gasteiger partial charge in [0.15, 0.2) is 6.35 Å². The van der Waals surface area contributed by atoms with E-state index in [1.54, 1.807) is 0 Å². The van der Waals surface area contributed by atoms with Crippen LogP contribution in [0.3, 0.4) is 0 Å². The first-order valence-electron chi connectivity index (χ1n) is 3.58. The molecule has 13 heavy (non-hydrogen) atoms. The lowest BCUT2D eigenvalue weighted by Gasteiger charge is -2.31. The van der Waals surface area contributed by atoms with E-state index in [0.717, 1.165) is 0 Å². The van der Waals surface area contributed by atoms with E-state index in [0.29, 0.717) is 0 Å². The third-order valence-corrected chi connectivity index (χ3v) is 1.66. The maximum Gasteiger partial charge on any atom is 0.404 e. The SMILES string of the molecule is COC1NC(=O)CC(C(F)(F)F)N1. The molecule has 2 N–H and O–H groups in total. The molecule has 0 aromatic rings. The Labute approximate surface area is 72.4 Å². The van der Waals surface area contributed by atoms with Crippen molar-refractivity contribution in [3.8, 4) is 0 Å². The Bertz CT molecular complexity index is 207. The van der Waals surface area contributed by atoms with Crippen LogP contribution in [0.5, 0.6) is 0 Å². The van der Waals surface area contributed by atoms with Crippen molar-refractivity contribution in [1.29, 1.82) is 0 Å². The lowest BCUT2D eigenvalue weighted by atomic mass is 10.1. The van der Waals surface area contributed by atoms with Gasteiger partial charge in [-0.2, -0.15) is 13.2 Å². The van der Waals surface area contributed by atoms with Gasteiger partial charge in [-0.25, -0.2) is 0 Å². The van der Waals surface area contributed by atoms with Gasteiger partial charge >= 0.3 is 6.18 Å². The van der Waals surface area contributed by atoms with Gasteiger partial charge in [0, 0.05) is 7.11 Å². The number of rotatable bonds is 1. The summed E-state index contributed by atoms with van der Waals surface area (Å²) in [5.74, 6) is -0.673. The van der Waals surface area contributed by atoms with Gasteiger partial charge in [0.1, 0.15) is 6.04 Å². The van der Waals surface area contributed by atoms with E-state index >= 15 is 0 Å². The summed E-state index contributed by atoms with van der Waals surface area (Å²) in [5.41, 5.74) is 0. The van der Waals surface area contributed by atoms with Crippen molar-refractivity contribution in [2.75, 3.05) is 7.11 Å². The van der Waals surface area contributed by atoms with Crippen LogP contribution in [-0.4, -0.2) is 31.6 Å². The van der Waals surface area contributed by atoms with Crippen LogP contribution >= 0.6 is 0 Å². The minimum Gasteiger partial charge on any atom is -0.348 e. The Balaban J connectivity index is 2.62. The third-order valence-electron chi connectivity index (χ3n) is 1.66. The van der Waals surface area contributed by atoms with Crippen molar-refractivity contribution in [2.24, 2.45) is 0 Å². The number of amides is 1. The lowest BCUT2D eigenvalue weighted by molar-refractivity contribution is -0.180. The monoisotopic (exact) mass is 198 g/mol. The maximum absolute atomic E-state index is 12.1. The Morgan fingerprint density at radius 1 is 1.54 bits per heavy atom. The second-order valence-corrected chi connectivity index (χ2v) is 2.65. The number of hydrogen-bond acceptors (Lipinski definition) is 3. The van der Waals surface area contributed by atoms with E-state index in [1.165, 1.54) is 7.11 Å². The number of nitrogens with one attached hydrogen (secondary N) is 2. The zero-order valence-corrected chi connectivity index (χ0v) is 6.81. The second-order valence-electron chi connectivity index (χ2n) is 2.65. The Morgan fingerprint density at radius 2 is 2.15 bits per heavy atom. The minimum absolute atomic E-state index is 0.608. The lowest BCUT2D eigenvalue weighted by Crippen LogP contribution is -2.61. The molecule has 1 amide bonds. The number of alkyl halides is 3. The van der Waals surface area contributed by atoms with Crippen LogP contribution in [0.1, 0.15) is 6.42 Å². The summed E-state index contributed by atoms with van der Waals surface area (Å²) in [6.45, 7) is 0. The number of methoxy groups -OCH3 is 1. The van der Waals surface area contributed by atoms with Gasteiger partial charge in [0.2, 0.25) is 5.91 Å². The summed E-state index contributed by atoms with van der Waals surface area (Å²) >= 11 is 0. The molecule has 0 aromatic heterocycles. The summed E-state index contributed by atoms with van der Waals surface area (Å²) in [6, 6.07) is -1.83. The maximum atomic E-state index is 12.1. The topological polar surface area (TPSA) is 50.4 Å². The molecule has 1 fully saturated rings. The van der Waals surface area contributed by atoms with Gasteiger partial charge in [-0.05, 0) is 0 Å². The molecule has 2 unspecified atom stereocenters. The van der Waals surface area contributed by atoms with Crippen LogP contribution in [0, 0.1) is 0 Å². The average Bonchev–Trinajstić information content (AvgIpc) is 2.01. The normalized spacial score (nSPS) is 30.0. The summed E-state index contributed by atoms with van der Waals surface area (Å²) in [6.07, 6.45) is -6.09. The molecule has 0 aliphatic carbocycles. The first kappa shape index (κ1) is 10.3.